The molecule has 0 spiro atoms. The highest BCUT2D eigenvalue weighted by Crippen LogP contribution is 2.34. The first-order valence-corrected chi connectivity index (χ1v) is 12.8. The van der Waals surface area contributed by atoms with E-state index in [0.717, 1.165) is 31.2 Å². The number of aromatic nitrogens is 7. The number of hydrogen-bond acceptors (Lipinski definition) is 6. The van der Waals surface area contributed by atoms with E-state index in [9.17, 15) is 4.79 Å². The number of anilines is 1. The second kappa shape index (κ2) is 9.39. The molecule has 0 unspecified atom stereocenters. The van der Waals surface area contributed by atoms with Crippen molar-refractivity contribution in [3.05, 3.63) is 73.1 Å². The van der Waals surface area contributed by atoms with Gasteiger partial charge in [0.05, 0.1) is 28.6 Å². The van der Waals surface area contributed by atoms with E-state index in [4.69, 9.17) is 4.98 Å². The van der Waals surface area contributed by atoms with E-state index in [1.165, 1.54) is 6.07 Å². The monoisotopic (exact) mass is 518 g/mol. The van der Waals surface area contributed by atoms with Crippen molar-refractivity contribution in [3.63, 3.8) is 0 Å². The van der Waals surface area contributed by atoms with Gasteiger partial charge in [0, 0.05) is 47.1 Å². The fourth-order valence-corrected chi connectivity index (χ4v) is 5.27. The molecule has 3 N–H and O–H groups in total. The van der Waals surface area contributed by atoms with Crippen LogP contribution in [0.4, 0.5) is 10.1 Å². The van der Waals surface area contributed by atoms with Crippen LogP contribution in [0.5, 0.6) is 0 Å². The van der Waals surface area contributed by atoms with E-state index in [-0.39, 0.29) is 11.8 Å². The molecular weight excluding hydrogens is 495 g/mol. The molecule has 1 amide bonds. The Balaban J connectivity index is 1.27. The fraction of sp³-hybridized carbons (Fsp3) is 0.172. The molecule has 39 heavy (non-hydrogen) atoms. The molecule has 0 aliphatic heterocycles. The first-order chi connectivity index (χ1) is 19.1. The van der Waals surface area contributed by atoms with Crippen LogP contribution in [0.15, 0.2) is 67.3 Å². The summed E-state index contributed by atoms with van der Waals surface area (Å²) in [5.41, 5.74) is 5.35. The quantitative estimate of drug-likeness (QED) is 0.261. The molecule has 192 valence electrons. The maximum atomic E-state index is 15.3. The summed E-state index contributed by atoms with van der Waals surface area (Å²) in [5.74, 6) is 0.107. The van der Waals surface area contributed by atoms with Gasteiger partial charge >= 0.3 is 0 Å². The molecule has 10 heteroatoms. The number of rotatable bonds is 5. The van der Waals surface area contributed by atoms with Crippen molar-refractivity contribution in [3.8, 4) is 34.0 Å². The van der Waals surface area contributed by atoms with Crippen LogP contribution >= 0.6 is 0 Å². The van der Waals surface area contributed by atoms with Crippen molar-refractivity contribution in [2.45, 2.75) is 25.7 Å². The minimum atomic E-state index is -0.426. The van der Waals surface area contributed by atoms with Gasteiger partial charge in [0.25, 0.3) is 0 Å². The predicted molar refractivity (Wildman–Crippen MR) is 146 cm³/mol. The molecule has 0 atom stereocenters. The smallest absolute Gasteiger partial charge is 0.227 e. The molecule has 1 aromatic carbocycles. The summed E-state index contributed by atoms with van der Waals surface area (Å²) < 4.78 is 15.3. The Kier molecular flexibility index (Phi) is 5.58. The molecule has 6 aromatic rings. The van der Waals surface area contributed by atoms with E-state index in [1.807, 2.05) is 24.3 Å². The number of pyridine rings is 3. The Hall–Kier alpha value is -4.99. The van der Waals surface area contributed by atoms with Gasteiger partial charge in [-0.25, -0.2) is 9.37 Å². The number of benzene rings is 1. The highest BCUT2D eigenvalue weighted by molar-refractivity contribution is 5.98. The summed E-state index contributed by atoms with van der Waals surface area (Å²) in [6.45, 7) is 0. The summed E-state index contributed by atoms with van der Waals surface area (Å²) in [5, 5.41) is 11.0. The Morgan fingerprint density at radius 2 is 1.87 bits per heavy atom. The lowest BCUT2D eigenvalue weighted by Gasteiger charge is -2.11. The van der Waals surface area contributed by atoms with Crippen molar-refractivity contribution < 1.29 is 9.18 Å². The van der Waals surface area contributed by atoms with Crippen LogP contribution in [0, 0.1) is 11.7 Å². The van der Waals surface area contributed by atoms with Crippen molar-refractivity contribution >= 4 is 33.5 Å². The first-order valence-electron chi connectivity index (χ1n) is 12.8. The fourth-order valence-electron chi connectivity index (χ4n) is 5.27. The molecular formula is C29H23FN8O. The molecule has 1 aliphatic rings. The molecule has 1 fully saturated rings. The molecule has 0 saturated heterocycles. The summed E-state index contributed by atoms with van der Waals surface area (Å²) >= 11 is 0. The van der Waals surface area contributed by atoms with Crippen LogP contribution in [-0.4, -0.2) is 41.0 Å². The SMILES string of the molecule is O=C(Nc1cncc(-c2cc3c(-c4nc5c(-c6ccccn6)nccc5[nH]4)n[nH]c3cc2F)c1)C1CCCC1. The van der Waals surface area contributed by atoms with Crippen LogP contribution in [0.1, 0.15) is 25.7 Å². The van der Waals surface area contributed by atoms with Gasteiger partial charge < -0.3 is 10.3 Å². The number of halogens is 1. The number of fused-ring (bicyclic) bond motifs is 2. The van der Waals surface area contributed by atoms with Gasteiger partial charge in [-0.3, -0.25) is 24.8 Å². The highest BCUT2D eigenvalue weighted by Gasteiger charge is 2.23. The molecule has 9 nitrogen and oxygen atoms in total. The van der Waals surface area contributed by atoms with Crippen LogP contribution in [0.25, 0.3) is 56.0 Å². The van der Waals surface area contributed by atoms with Gasteiger partial charge in [0.1, 0.15) is 22.7 Å². The Labute approximate surface area is 222 Å². The van der Waals surface area contributed by atoms with E-state index < -0.39 is 5.82 Å². The van der Waals surface area contributed by atoms with Gasteiger partial charge in [-0.2, -0.15) is 5.10 Å². The van der Waals surface area contributed by atoms with E-state index in [1.54, 1.807) is 36.9 Å². The minimum Gasteiger partial charge on any atom is -0.336 e. The third kappa shape index (κ3) is 4.19. The number of imidazole rings is 1. The largest absolute Gasteiger partial charge is 0.336 e. The highest BCUT2D eigenvalue weighted by atomic mass is 19.1. The molecule has 1 saturated carbocycles. The summed E-state index contributed by atoms with van der Waals surface area (Å²) in [7, 11) is 0. The molecule has 0 radical (unpaired) electrons. The zero-order chi connectivity index (χ0) is 26.3. The van der Waals surface area contributed by atoms with Crippen molar-refractivity contribution in [1.82, 2.24) is 35.1 Å². The first kappa shape index (κ1) is 23.2. The van der Waals surface area contributed by atoms with Gasteiger partial charge in [-0.15, -0.1) is 0 Å². The molecule has 1 aliphatic carbocycles. The molecule has 5 aromatic heterocycles. The number of H-pyrrole nitrogens is 2. The lowest BCUT2D eigenvalue weighted by atomic mass is 10.0. The van der Waals surface area contributed by atoms with Gasteiger partial charge in [-0.1, -0.05) is 18.9 Å². The number of nitrogens with one attached hydrogen (secondary N) is 3. The van der Waals surface area contributed by atoms with Crippen molar-refractivity contribution in [2.75, 3.05) is 5.32 Å². The van der Waals surface area contributed by atoms with Gasteiger partial charge in [-0.05, 0) is 43.2 Å². The van der Waals surface area contributed by atoms with Crippen LogP contribution < -0.4 is 5.32 Å². The number of carbonyl (C=O) groups is 1. The zero-order valence-corrected chi connectivity index (χ0v) is 20.8. The Morgan fingerprint density at radius 3 is 2.72 bits per heavy atom. The third-order valence-electron chi connectivity index (χ3n) is 7.23. The predicted octanol–water partition coefficient (Wildman–Crippen LogP) is 5.89. The summed E-state index contributed by atoms with van der Waals surface area (Å²) in [6, 6.07) is 12.4. The zero-order valence-electron chi connectivity index (χ0n) is 20.8. The molecule has 5 heterocycles. The standard InChI is InChI=1S/C29H23FN8O/c30-21-13-24-20(12-19(21)17-11-18(15-31-14-17)34-29(39)16-5-1-2-6-16)25(38-37-24)28-35-23-8-10-33-26(27(23)36-28)22-7-3-4-9-32-22/h3-4,7-16H,1-2,5-6H2,(H,34,39)(H,35,36)(H,37,38). The lowest BCUT2D eigenvalue weighted by Crippen LogP contribution is -2.20. The van der Waals surface area contributed by atoms with Gasteiger partial charge in [0.2, 0.25) is 5.91 Å². The maximum Gasteiger partial charge on any atom is 0.227 e. The summed E-state index contributed by atoms with van der Waals surface area (Å²) in [4.78, 5) is 33.9. The summed E-state index contributed by atoms with van der Waals surface area (Å²) in [6.07, 6.45) is 10.5. The number of nitrogens with zero attached hydrogens (tertiary/aromatic N) is 5. The normalized spacial score (nSPS) is 13.9. The van der Waals surface area contributed by atoms with Crippen molar-refractivity contribution in [2.24, 2.45) is 5.92 Å². The molecule has 7 rings (SSSR count). The molecule has 0 bridgehead atoms. The third-order valence-corrected chi connectivity index (χ3v) is 7.23. The Bertz CT molecular complexity index is 1840. The second-order valence-electron chi connectivity index (χ2n) is 9.74. The Morgan fingerprint density at radius 1 is 0.974 bits per heavy atom. The van der Waals surface area contributed by atoms with Gasteiger partial charge in [0.15, 0.2) is 5.82 Å². The van der Waals surface area contributed by atoms with E-state index in [0.29, 0.717) is 56.1 Å². The second-order valence-corrected chi connectivity index (χ2v) is 9.74. The number of amides is 1. The van der Waals surface area contributed by atoms with Crippen molar-refractivity contribution in [1.29, 1.82) is 0 Å². The maximum absolute atomic E-state index is 15.3. The minimum absolute atomic E-state index is 0.0102. The number of carbonyl (C=O) groups excluding carboxylic acids is 1. The lowest BCUT2D eigenvalue weighted by molar-refractivity contribution is -0.119. The van der Waals surface area contributed by atoms with E-state index >= 15 is 4.39 Å². The van der Waals surface area contributed by atoms with Crippen LogP contribution in [0.2, 0.25) is 0 Å². The average Bonchev–Trinajstić information content (AvgIpc) is 3.72. The van der Waals surface area contributed by atoms with E-state index in [2.05, 4.69) is 35.5 Å². The van der Waals surface area contributed by atoms with Crippen LogP contribution in [0.3, 0.4) is 0 Å². The number of hydrogen-bond donors (Lipinski definition) is 3. The average molecular weight is 519 g/mol. The number of aromatic amines is 2. The topological polar surface area (TPSA) is 125 Å². The van der Waals surface area contributed by atoms with Crippen LogP contribution in [-0.2, 0) is 4.79 Å².